The van der Waals surface area contributed by atoms with E-state index in [1.807, 2.05) is 19.1 Å². The molecule has 8 heteroatoms. The van der Waals surface area contributed by atoms with Crippen LogP contribution >= 0.6 is 11.8 Å². The normalized spacial score (nSPS) is 12.4. The Hall–Kier alpha value is -2.06. The maximum atomic E-state index is 14.3. The molecule has 146 valence electrons. The third-order valence-corrected chi connectivity index (χ3v) is 5.99. The second-order valence-electron chi connectivity index (χ2n) is 5.85. The molecule has 0 fully saturated rings. The van der Waals surface area contributed by atoms with Crippen molar-refractivity contribution < 1.29 is 17.6 Å². The van der Waals surface area contributed by atoms with Crippen LogP contribution in [-0.2, 0) is 14.8 Å². The molecule has 2 aromatic carbocycles. The van der Waals surface area contributed by atoms with Crippen molar-refractivity contribution in [3.05, 3.63) is 54.3 Å². The number of nitrogens with one attached hydrogen (secondary N) is 1. The fraction of sp³-hybridized carbons (Fsp3) is 0.316. The Balaban J connectivity index is 2.40. The van der Waals surface area contributed by atoms with Crippen molar-refractivity contribution in [1.82, 2.24) is 0 Å². The van der Waals surface area contributed by atoms with Crippen LogP contribution < -0.4 is 9.62 Å². The molecule has 27 heavy (non-hydrogen) atoms. The van der Waals surface area contributed by atoms with Crippen molar-refractivity contribution in [3.8, 4) is 0 Å². The molecule has 0 spiro atoms. The van der Waals surface area contributed by atoms with Gasteiger partial charge in [-0.3, -0.25) is 9.10 Å². The Morgan fingerprint density at radius 2 is 1.78 bits per heavy atom. The van der Waals surface area contributed by atoms with Crippen LogP contribution in [0, 0.1) is 5.82 Å². The number of hydrogen-bond donors (Lipinski definition) is 1. The number of anilines is 2. The van der Waals surface area contributed by atoms with E-state index in [1.54, 1.807) is 30.8 Å². The maximum Gasteiger partial charge on any atom is 0.248 e. The number of benzene rings is 2. The Kier molecular flexibility index (Phi) is 7.26. The molecular weight excluding hydrogens is 387 g/mol. The highest BCUT2D eigenvalue weighted by Gasteiger charge is 2.33. The lowest BCUT2D eigenvalue weighted by atomic mass is 10.1. The second-order valence-corrected chi connectivity index (χ2v) is 9.02. The third-order valence-electron chi connectivity index (χ3n) is 3.86. The van der Waals surface area contributed by atoms with Crippen molar-refractivity contribution in [2.45, 2.75) is 31.2 Å². The summed E-state index contributed by atoms with van der Waals surface area (Å²) in [6.07, 6.45) is 1.16. The number of amides is 1. The van der Waals surface area contributed by atoms with Gasteiger partial charge in [0.2, 0.25) is 15.9 Å². The first-order valence-electron chi connectivity index (χ1n) is 8.56. The fourth-order valence-corrected chi connectivity index (χ4v) is 4.71. The lowest BCUT2D eigenvalue weighted by Crippen LogP contribution is -2.47. The molecule has 1 atom stereocenters. The van der Waals surface area contributed by atoms with Crippen molar-refractivity contribution >= 4 is 39.1 Å². The van der Waals surface area contributed by atoms with Gasteiger partial charge in [0.1, 0.15) is 11.9 Å². The number of hydrogen-bond acceptors (Lipinski definition) is 4. The average Bonchev–Trinajstić information content (AvgIpc) is 2.61. The van der Waals surface area contributed by atoms with Gasteiger partial charge in [-0.1, -0.05) is 38.1 Å². The van der Waals surface area contributed by atoms with Gasteiger partial charge in [0.05, 0.1) is 17.6 Å². The molecule has 0 saturated heterocycles. The zero-order valence-electron chi connectivity index (χ0n) is 15.5. The summed E-state index contributed by atoms with van der Waals surface area (Å²) in [6.45, 7) is 3.69. The van der Waals surface area contributed by atoms with Crippen LogP contribution in [0.4, 0.5) is 15.8 Å². The van der Waals surface area contributed by atoms with E-state index in [-0.39, 0.29) is 12.1 Å². The summed E-state index contributed by atoms with van der Waals surface area (Å²) in [6, 6.07) is 11.8. The van der Waals surface area contributed by atoms with Crippen LogP contribution in [0.2, 0.25) is 0 Å². The van der Waals surface area contributed by atoms with E-state index < -0.39 is 27.8 Å². The SMILES string of the molecule is CCSc1ccccc1NC(=O)[C@@H](CC)N(c1ccccc1F)S(C)(=O)=O. The number of carbonyl (C=O) groups excluding carboxylic acids is 1. The van der Waals surface area contributed by atoms with E-state index >= 15 is 0 Å². The molecule has 0 radical (unpaired) electrons. The highest BCUT2D eigenvalue weighted by atomic mass is 32.2. The smallest absolute Gasteiger partial charge is 0.248 e. The largest absolute Gasteiger partial charge is 0.323 e. The minimum absolute atomic E-state index is 0.141. The number of rotatable bonds is 8. The van der Waals surface area contributed by atoms with Crippen molar-refractivity contribution in [1.29, 1.82) is 0 Å². The van der Waals surface area contributed by atoms with Gasteiger partial charge in [0.25, 0.3) is 0 Å². The zero-order valence-corrected chi connectivity index (χ0v) is 17.1. The van der Waals surface area contributed by atoms with Gasteiger partial charge in [-0.05, 0) is 36.4 Å². The van der Waals surface area contributed by atoms with Gasteiger partial charge in [0, 0.05) is 4.90 Å². The number of para-hydroxylation sites is 2. The molecule has 0 aliphatic carbocycles. The van der Waals surface area contributed by atoms with E-state index in [0.717, 1.165) is 21.2 Å². The van der Waals surface area contributed by atoms with Gasteiger partial charge in [-0.15, -0.1) is 11.8 Å². The molecule has 0 saturated carbocycles. The van der Waals surface area contributed by atoms with Gasteiger partial charge in [-0.2, -0.15) is 0 Å². The quantitative estimate of drug-likeness (QED) is 0.665. The Bertz CT molecular complexity index is 903. The third kappa shape index (κ3) is 5.23. The van der Waals surface area contributed by atoms with E-state index in [1.165, 1.54) is 24.3 Å². The number of carbonyl (C=O) groups is 1. The molecule has 1 amide bonds. The van der Waals surface area contributed by atoms with E-state index in [9.17, 15) is 17.6 Å². The molecule has 0 aliphatic heterocycles. The Labute approximate surface area is 164 Å². The van der Waals surface area contributed by atoms with Crippen molar-refractivity contribution in [2.75, 3.05) is 21.6 Å². The summed E-state index contributed by atoms with van der Waals surface area (Å²) in [5.41, 5.74) is 0.466. The molecule has 2 rings (SSSR count). The molecule has 0 unspecified atom stereocenters. The van der Waals surface area contributed by atoms with Gasteiger partial charge >= 0.3 is 0 Å². The summed E-state index contributed by atoms with van der Waals surface area (Å²) in [4.78, 5) is 13.8. The van der Waals surface area contributed by atoms with Crippen LogP contribution in [0.25, 0.3) is 0 Å². The molecular formula is C19H23FN2O3S2. The first-order valence-corrected chi connectivity index (χ1v) is 11.4. The molecule has 0 aliphatic rings. The number of halogens is 1. The second kappa shape index (κ2) is 9.23. The number of thioether (sulfide) groups is 1. The number of sulfonamides is 1. The summed E-state index contributed by atoms with van der Waals surface area (Å²) < 4.78 is 39.9. The van der Waals surface area contributed by atoms with Crippen LogP contribution in [0.5, 0.6) is 0 Å². The van der Waals surface area contributed by atoms with Crippen LogP contribution in [0.1, 0.15) is 20.3 Å². The monoisotopic (exact) mass is 410 g/mol. The lowest BCUT2D eigenvalue weighted by molar-refractivity contribution is -0.117. The van der Waals surface area contributed by atoms with E-state index in [2.05, 4.69) is 5.32 Å². The lowest BCUT2D eigenvalue weighted by Gasteiger charge is -2.30. The molecule has 1 N–H and O–H groups in total. The standard InChI is InChI=1S/C19H23FN2O3S2/c1-4-16(19(23)21-15-11-7-9-13-18(15)26-5-2)22(27(3,24)25)17-12-8-6-10-14(17)20/h6-13,16H,4-5H2,1-3H3,(H,21,23)/t16-/m1/s1. The highest BCUT2D eigenvalue weighted by Crippen LogP contribution is 2.29. The fourth-order valence-electron chi connectivity index (χ4n) is 2.73. The molecule has 5 nitrogen and oxygen atoms in total. The molecule has 2 aromatic rings. The summed E-state index contributed by atoms with van der Waals surface area (Å²) in [5, 5.41) is 2.80. The molecule has 0 heterocycles. The number of nitrogens with zero attached hydrogens (tertiary/aromatic N) is 1. The maximum absolute atomic E-state index is 14.3. The summed E-state index contributed by atoms with van der Waals surface area (Å²) in [7, 11) is -3.88. The van der Waals surface area contributed by atoms with Crippen molar-refractivity contribution in [2.24, 2.45) is 0 Å². The average molecular weight is 411 g/mol. The van der Waals surface area contributed by atoms with E-state index in [4.69, 9.17) is 0 Å². The zero-order chi connectivity index (χ0) is 20.0. The topological polar surface area (TPSA) is 66.5 Å². The minimum atomic E-state index is -3.88. The van der Waals surface area contributed by atoms with Crippen molar-refractivity contribution in [3.63, 3.8) is 0 Å². The molecule has 0 bridgehead atoms. The van der Waals surface area contributed by atoms with Gasteiger partial charge < -0.3 is 5.32 Å². The van der Waals surface area contributed by atoms with Crippen LogP contribution in [0.3, 0.4) is 0 Å². The van der Waals surface area contributed by atoms with Crippen LogP contribution in [-0.4, -0.2) is 32.4 Å². The first-order chi connectivity index (χ1) is 12.8. The van der Waals surface area contributed by atoms with Gasteiger partial charge in [-0.25, -0.2) is 12.8 Å². The predicted molar refractivity (Wildman–Crippen MR) is 109 cm³/mol. The van der Waals surface area contributed by atoms with Crippen LogP contribution in [0.15, 0.2) is 53.4 Å². The van der Waals surface area contributed by atoms with E-state index in [0.29, 0.717) is 5.69 Å². The predicted octanol–water partition coefficient (Wildman–Crippen LogP) is 4.12. The first kappa shape index (κ1) is 21.2. The minimum Gasteiger partial charge on any atom is -0.323 e. The molecule has 0 aromatic heterocycles. The van der Waals surface area contributed by atoms with Gasteiger partial charge in [0.15, 0.2) is 0 Å². The summed E-state index contributed by atoms with van der Waals surface area (Å²) >= 11 is 1.57. The summed E-state index contributed by atoms with van der Waals surface area (Å²) in [5.74, 6) is -0.374. The highest BCUT2D eigenvalue weighted by molar-refractivity contribution is 7.99. The Morgan fingerprint density at radius 3 is 2.37 bits per heavy atom. The Morgan fingerprint density at radius 1 is 1.15 bits per heavy atom.